The van der Waals surface area contributed by atoms with Crippen molar-refractivity contribution in [1.29, 1.82) is 0 Å². The Hall–Kier alpha value is -2.64. The van der Waals surface area contributed by atoms with Crippen LogP contribution < -0.4 is 10.6 Å². The van der Waals surface area contributed by atoms with Crippen LogP contribution in [0.3, 0.4) is 0 Å². The van der Waals surface area contributed by atoms with E-state index in [0.717, 1.165) is 45.4 Å². The minimum Gasteiger partial charge on any atom is -0.348 e. The van der Waals surface area contributed by atoms with Gasteiger partial charge in [0, 0.05) is 34.2 Å². The van der Waals surface area contributed by atoms with Gasteiger partial charge in [0.2, 0.25) is 5.91 Å². The lowest BCUT2D eigenvalue weighted by molar-refractivity contribution is -0.117. The van der Waals surface area contributed by atoms with Gasteiger partial charge < -0.3 is 10.6 Å². The summed E-state index contributed by atoms with van der Waals surface area (Å²) in [4.78, 5) is 30.2. The number of aryl methyl sites for hydroxylation is 1. The van der Waals surface area contributed by atoms with E-state index in [-0.39, 0.29) is 17.7 Å². The molecule has 7 heteroatoms. The fraction of sp³-hybridized carbons (Fsp3) is 0.261. The standard InChI is InChI=1S/C23H23N3O2S2/c1-15-25-19(13-29-15)14-30-21-8-3-2-7-20(21)23(28)24-12-16-5-4-6-18(11-16)26-22(27)17-9-10-17/h2-8,11,13,17H,9-10,12,14H2,1H3,(H,24,28)(H,26,27). The van der Waals surface area contributed by atoms with E-state index in [0.29, 0.717) is 12.1 Å². The number of amides is 2. The number of benzene rings is 2. The van der Waals surface area contributed by atoms with Crippen molar-refractivity contribution in [3.8, 4) is 0 Å². The van der Waals surface area contributed by atoms with E-state index in [2.05, 4.69) is 21.0 Å². The molecule has 1 fully saturated rings. The Morgan fingerprint density at radius 2 is 2.00 bits per heavy atom. The highest BCUT2D eigenvalue weighted by molar-refractivity contribution is 7.98. The second kappa shape index (κ2) is 9.45. The topological polar surface area (TPSA) is 71.1 Å². The van der Waals surface area contributed by atoms with Crippen molar-refractivity contribution < 1.29 is 9.59 Å². The number of carbonyl (C=O) groups excluding carboxylic acids is 2. The molecule has 0 bridgehead atoms. The smallest absolute Gasteiger partial charge is 0.252 e. The Morgan fingerprint density at radius 1 is 1.17 bits per heavy atom. The number of aromatic nitrogens is 1. The number of rotatable bonds is 8. The fourth-order valence-corrected chi connectivity index (χ4v) is 4.69. The summed E-state index contributed by atoms with van der Waals surface area (Å²) in [6.07, 6.45) is 1.95. The van der Waals surface area contributed by atoms with Gasteiger partial charge in [-0.2, -0.15) is 0 Å². The molecule has 4 rings (SSSR count). The zero-order valence-electron chi connectivity index (χ0n) is 16.7. The first-order chi connectivity index (χ1) is 14.6. The minimum absolute atomic E-state index is 0.0810. The average Bonchev–Trinajstić information content (AvgIpc) is 3.53. The van der Waals surface area contributed by atoms with Gasteiger partial charge in [0.15, 0.2) is 0 Å². The highest BCUT2D eigenvalue weighted by atomic mass is 32.2. The van der Waals surface area contributed by atoms with Crippen LogP contribution in [0.5, 0.6) is 0 Å². The second-order valence-corrected chi connectivity index (χ2v) is 9.37. The van der Waals surface area contributed by atoms with Crippen molar-refractivity contribution in [3.63, 3.8) is 0 Å². The number of thiazole rings is 1. The summed E-state index contributed by atoms with van der Waals surface area (Å²) in [5.74, 6) is 0.866. The van der Waals surface area contributed by atoms with Gasteiger partial charge in [-0.15, -0.1) is 23.1 Å². The van der Waals surface area contributed by atoms with Crippen molar-refractivity contribution in [2.75, 3.05) is 5.32 Å². The van der Waals surface area contributed by atoms with E-state index >= 15 is 0 Å². The lowest BCUT2D eigenvalue weighted by Crippen LogP contribution is -2.23. The maximum absolute atomic E-state index is 12.8. The molecule has 0 atom stereocenters. The summed E-state index contributed by atoms with van der Waals surface area (Å²) in [5.41, 5.74) is 3.41. The average molecular weight is 438 g/mol. The van der Waals surface area contributed by atoms with E-state index in [1.165, 1.54) is 0 Å². The molecule has 0 radical (unpaired) electrons. The molecule has 1 aliphatic carbocycles. The number of hydrogen-bond donors (Lipinski definition) is 2. The van der Waals surface area contributed by atoms with Gasteiger partial charge in [0.1, 0.15) is 0 Å². The Balaban J connectivity index is 1.36. The van der Waals surface area contributed by atoms with Gasteiger partial charge in [-0.05, 0) is 49.6 Å². The molecule has 0 aliphatic heterocycles. The molecule has 1 aliphatic rings. The molecule has 2 aromatic carbocycles. The van der Waals surface area contributed by atoms with Crippen LogP contribution in [0.4, 0.5) is 5.69 Å². The van der Waals surface area contributed by atoms with Crippen molar-refractivity contribution in [2.24, 2.45) is 5.92 Å². The molecule has 0 spiro atoms. The summed E-state index contributed by atoms with van der Waals surface area (Å²) in [7, 11) is 0. The molecule has 0 unspecified atom stereocenters. The first-order valence-corrected chi connectivity index (χ1v) is 11.8. The molecule has 154 valence electrons. The lowest BCUT2D eigenvalue weighted by Gasteiger charge is -2.11. The predicted molar refractivity (Wildman–Crippen MR) is 122 cm³/mol. The van der Waals surface area contributed by atoms with Gasteiger partial charge in [0.25, 0.3) is 5.91 Å². The first kappa shape index (κ1) is 20.6. The van der Waals surface area contributed by atoms with Gasteiger partial charge in [0.05, 0.1) is 16.3 Å². The molecule has 1 aromatic heterocycles. The second-order valence-electron chi connectivity index (χ2n) is 7.29. The molecule has 5 nitrogen and oxygen atoms in total. The van der Waals surface area contributed by atoms with E-state index in [1.807, 2.05) is 55.5 Å². The van der Waals surface area contributed by atoms with Crippen LogP contribution in [0.2, 0.25) is 0 Å². The molecule has 2 N–H and O–H groups in total. The molecular formula is C23H23N3O2S2. The summed E-state index contributed by atoms with van der Waals surface area (Å²) < 4.78 is 0. The van der Waals surface area contributed by atoms with E-state index in [1.54, 1.807) is 23.1 Å². The molecule has 3 aromatic rings. The molecule has 2 amide bonds. The van der Waals surface area contributed by atoms with E-state index in [4.69, 9.17) is 0 Å². The summed E-state index contributed by atoms with van der Waals surface area (Å²) in [6, 6.07) is 15.2. The highest BCUT2D eigenvalue weighted by Gasteiger charge is 2.29. The fourth-order valence-electron chi connectivity index (χ4n) is 3.03. The van der Waals surface area contributed by atoms with Gasteiger partial charge in [-0.25, -0.2) is 4.98 Å². The Morgan fingerprint density at radius 3 is 2.77 bits per heavy atom. The number of nitrogens with one attached hydrogen (secondary N) is 2. The van der Waals surface area contributed by atoms with Crippen molar-refractivity contribution in [3.05, 3.63) is 75.7 Å². The number of thioether (sulfide) groups is 1. The minimum atomic E-state index is -0.111. The monoisotopic (exact) mass is 437 g/mol. The molecule has 1 saturated carbocycles. The van der Waals surface area contributed by atoms with Gasteiger partial charge in [-0.1, -0.05) is 24.3 Å². The quantitative estimate of drug-likeness (QED) is 0.485. The third-order valence-corrected chi connectivity index (χ3v) is 6.70. The first-order valence-electron chi connectivity index (χ1n) is 9.89. The van der Waals surface area contributed by atoms with Crippen LogP contribution in [0.25, 0.3) is 0 Å². The third-order valence-electron chi connectivity index (χ3n) is 4.77. The molecular weight excluding hydrogens is 414 g/mol. The third kappa shape index (κ3) is 5.49. The van der Waals surface area contributed by atoms with Crippen molar-refractivity contribution in [1.82, 2.24) is 10.3 Å². The molecule has 1 heterocycles. The van der Waals surface area contributed by atoms with Crippen LogP contribution in [0.1, 0.15) is 39.5 Å². The Kier molecular flexibility index (Phi) is 6.50. The van der Waals surface area contributed by atoms with Crippen LogP contribution >= 0.6 is 23.1 Å². The normalized spacial score (nSPS) is 13.1. The zero-order chi connectivity index (χ0) is 20.9. The Bertz CT molecular complexity index is 1060. The SMILES string of the molecule is Cc1nc(CSc2ccccc2C(=O)NCc2cccc(NC(=O)C3CC3)c2)cs1. The lowest BCUT2D eigenvalue weighted by atomic mass is 10.1. The summed E-state index contributed by atoms with van der Waals surface area (Å²) in [5, 5.41) is 9.05. The molecule has 30 heavy (non-hydrogen) atoms. The zero-order valence-corrected chi connectivity index (χ0v) is 18.3. The Labute approximate surface area is 184 Å². The van der Waals surface area contributed by atoms with E-state index < -0.39 is 0 Å². The maximum atomic E-state index is 12.8. The van der Waals surface area contributed by atoms with Crippen LogP contribution in [0, 0.1) is 12.8 Å². The van der Waals surface area contributed by atoms with Crippen molar-refractivity contribution >= 4 is 40.6 Å². The predicted octanol–water partition coefficient (Wildman–Crippen LogP) is 5.02. The van der Waals surface area contributed by atoms with Gasteiger partial charge in [-0.3, -0.25) is 9.59 Å². The summed E-state index contributed by atoms with van der Waals surface area (Å²) in [6.45, 7) is 2.39. The van der Waals surface area contributed by atoms with Crippen LogP contribution in [0.15, 0.2) is 58.8 Å². The number of anilines is 1. The van der Waals surface area contributed by atoms with Crippen LogP contribution in [-0.4, -0.2) is 16.8 Å². The molecule has 0 saturated heterocycles. The number of hydrogen-bond acceptors (Lipinski definition) is 5. The number of nitrogens with zero attached hydrogens (tertiary/aromatic N) is 1. The maximum Gasteiger partial charge on any atom is 0.252 e. The largest absolute Gasteiger partial charge is 0.348 e. The van der Waals surface area contributed by atoms with Crippen molar-refractivity contribution in [2.45, 2.75) is 37.0 Å². The number of carbonyl (C=O) groups is 2. The van der Waals surface area contributed by atoms with E-state index in [9.17, 15) is 9.59 Å². The van der Waals surface area contributed by atoms with Crippen LogP contribution in [-0.2, 0) is 17.1 Å². The highest BCUT2D eigenvalue weighted by Crippen LogP contribution is 2.30. The summed E-state index contributed by atoms with van der Waals surface area (Å²) >= 11 is 3.25. The van der Waals surface area contributed by atoms with Gasteiger partial charge >= 0.3 is 0 Å².